The Balaban J connectivity index is 2.45. The number of likely N-dealkylation sites (N-methyl/N-ethyl adjacent to an activating group) is 1. The predicted molar refractivity (Wildman–Crippen MR) is 73.1 cm³/mol. The summed E-state index contributed by atoms with van der Waals surface area (Å²) in [5.74, 6) is -0.987. The van der Waals surface area contributed by atoms with Crippen molar-refractivity contribution in [3.05, 3.63) is 0 Å². The lowest BCUT2D eigenvalue weighted by molar-refractivity contribution is -0.138. The van der Waals surface area contributed by atoms with Crippen LogP contribution in [0.15, 0.2) is 0 Å². The molecule has 0 aromatic heterocycles. The van der Waals surface area contributed by atoms with Gasteiger partial charge in [0.15, 0.2) is 0 Å². The minimum atomic E-state index is -0.987. The van der Waals surface area contributed by atoms with E-state index >= 15 is 0 Å². The van der Waals surface area contributed by atoms with Crippen LogP contribution in [0.3, 0.4) is 0 Å². The van der Waals surface area contributed by atoms with Crippen molar-refractivity contribution < 1.29 is 14.7 Å². The molecule has 0 aromatic carbocycles. The normalized spacial score (nSPS) is 20.3. The van der Waals surface area contributed by atoms with Crippen molar-refractivity contribution in [2.75, 3.05) is 26.7 Å². The van der Waals surface area contributed by atoms with Gasteiger partial charge in [-0.3, -0.25) is 4.79 Å². The molecule has 0 spiro atoms. The number of nitrogens with zero attached hydrogens (tertiary/aromatic N) is 2. The number of hydrogen-bond acceptors (Lipinski definition) is 3. The zero-order valence-corrected chi connectivity index (χ0v) is 12.1. The number of carbonyl (C=O) groups excluding carboxylic acids is 1. The zero-order valence-electron chi connectivity index (χ0n) is 12.1. The number of likely N-dealkylation sites (tertiary alicyclic amines) is 1. The van der Waals surface area contributed by atoms with Crippen LogP contribution in [-0.2, 0) is 4.79 Å². The molecule has 1 unspecified atom stereocenters. The van der Waals surface area contributed by atoms with Crippen molar-refractivity contribution in [3.63, 3.8) is 0 Å². The lowest BCUT2D eigenvalue weighted by Crippen LogP contribution is -2.51. The van der Waals surface area contributed by atoms with Gasteiger partial charge in [0.2, 0.25) is 0 Å². The molecule has 0 aliphatic carbocycles. The molecular formula is C13H25N3O3. The zero-order chi connectivity index (χ0) is 14.4. The number of hydrogen-bond donors (Lipinski definition) is 2. The maximum absolute atomic E-state index is 12.0. The molecule has 0 bridgehead atoms. The van der Waals surface area contributed by atoms with Crippen molar-refractivity contribution in [3.8, 4) is 0 Å². The van der Waals surface area contributed by atoms with E-state index in [-0.39, 0.29) is 18.6 Å². The van der Waals surface area contributed by atoms with E-state index in [1.165, 1.54) is 17.7 Å². The van der Waals surface area contributed by atoms with Gasteiger partial charge in [-0.05, 0) is 40.3 Å². The molecule has 6 nitrogen and oxygen atoms in total. The Morgan fingerprint density at radius 3 is 2.63 bits per heavy atom. The third-order valence-electron chi connectivity index (χ3n) is 3.60. The standard InChI is InChI=1S/C13H25N3O3/c1-10(2)16(9-12(17)18)13(19)14-8-11-6-4-5-7-15(11)3/h10-11H,4-9H2,1-3H3,(H,14,19)(H,17,18). The van der Waals surface area contributed by atoms with Gasteiger partial charge in [-0.1, -0.05) is 6.42 Å². The van der Waals surface area contributed by atoms with Crippen molar-refractivity contribution >= 4 is 12.0 Å². The van der Waals surface area contributed by atoms with E-state index in [0.717, 1.165) is 13.0 Å². The lowest BCUT2D eigenvalue weighted by atomic mass is 10.0. The Bertz CT molecular complexity index is 320. The minimum Gasteiger partial charge on any atom is -0.480 e. The molecular weight excluding hydrogens is 246 g/mol. The summed E-state index contributed by atoms with van der Waals surface area (Å²) in [5.41, 5.74) is 0. The first-order valence-corrected chi connectivity index (χ1v) is 6.88. The number of carboxylic acids is 1. The van der Waals surface area contributed by atoms with Crippen molar-refractivity contribution in [2.24, 2.45) is 0 Å². The van der Waals surface area contributed by atoms with Gasteiger partial charge >= 0.3 is 12.0 Å². The van der Waals surface area contributed by atoms with Gasteiger partial charge in [0.1, 0.15) is 6.54 Å². The van der Waals surface area contributed by atoms with Crippen LogP contribution in [0.25, 0.3) is 0 Å². The van der Waals surface area contributed by atoms with Crippen molar-refractivity contribution in [1.82, 2.24) is 15.1 Å². The van der Waals surface area contributed by atoms with Gasteiger partial charge in [0, 0.05) is 18.6 Å². The van der Waals surface area contributed by atoms with E-state index in [1.54, 1.807) is 0 Å². The summed E-state index contributed by atoms with van der Waals surface area (Å²) in [5, 5.41) is 11.7. The molecule has 1 aliphatic heterocycles. The molecule has 0 saturated carbocycles. The van der Waals surface area contributed by atoms with Gasteiger partial charge in [-0.2, -0.15) is 0 Å². The Morgan fingerprint density at radius 1 is 1.42 bits per heavy atom. The number of carboxylic acid groups (broad SMARTS) is 1. The molecule has 1 saturated heterocycles. The summed E-state index contributed by atoms with van der Waals surface area (Å²) in [6.45, 7) is 5.01. The lowest BCUT2D eigenvalue weighted by Gasteiger charge is -2.33. The SMILES string of the molecule is CC(C)N(CC(=O)O)C(=O)NCC1CCCCN1C. The maximum Gasteiger partial charge on any atom is 0.323 e. The van der Waals surface area contributed by atoms with E-state index in [9.17, 15) is 9.59 Å². The average Bonchev–Trinajstić information content (AvgIpc) is 2.34. The summed E-state index contributed by atoms with van der Waals surface area (Å²) < 4.78 is 0. The fourth-order valence-corrected chi connectivity index (χ4v) is 2.34. The first-order chi connectivity index (χ1) is 8.91. The summed E-state index contributed by atoms with van der Waals surface area (Å²) in [4.78, 5) is 26.3. The number of urea groups is 1. The Morgan fingerprint density at radius 2 is 2.11 bits per heavy atom. The van der Waals surface area contributed by atoms with Crippen molar-refractivity contribution in [2.45, 2.75) is 45.2 Å². The Labute approximate surface area is 114 Å². The maximum atomic E-state index is 12.0. The third-order valence-corrected chi connectivity index (χ3v) is 3.60. The molecule has 0 aromatic rings. The second-order valence-corrected chi connectivity index (χ2v) is 5.43. The van der Waals surface area contributed by atoms with Crippen LogP contribution in [0, 0.1) is 0 Å². The van der Waals surface area contributed by atoms with Gasteiger partial charge in [-0.25, -0.2) is 4.79 Å². The number of piperidine rings is 1. The fourth-order valence-electron chi connectivity index (χ4n) is 2.34. The van der Waals surface area contributed by atoms with Gasteiger partial charge < -0.3 is 20.2 Å². The minimum absolute atomic E-state index is 0.125. The molecule has 2 N–H and O–H groups in total. The summed E-state index contributed by atoms with van der Waals surface area (Å²) in [6, 6.07) is -0.0619. The summed E-state index contributed by atoms with van der Waals surface area (Å²) in [6.07, 6.45) is 3.48. The molecule has 1 fully saturated rings. The monoisotopic (exact) mass is 271 g/mol. The largest absolute Gasteiger partial charge is 0.480 e. The molecule has 6 heteroatoms. The van der Waals surface area contributed by atoms with E-state index in [4.69, 9.17) is 5.11 Å². The molecule has 1 aliphatic rings. The van der Waals surface area contributed by atoms with E-state index in [2.05, 4.69) is 17.3 Å². The summed E-state index contributed by atoms with van der Waals surface area (Å²) >= 11 is 0. The van der Waals surface area contributed by atoms with Gasteiger partial charge in [0.25, 0.3) is 0 Å². The fraction of sp³-hybridized carbons (Fsp3) is 0.846. The highest BCUT2D eigenvalue weighted by Crippen LogP contribution is 2.14. The second kappa shape index (κ2) is 7.33. The number of aliphatic carboxylic acids is 1. The number of amides is 2. The number of carbonyl (C=O) groups is 2. The third kappa shape index (κ3) is 5.06. The number of rotatable bonds is 5. The first kappa shape index (κ1) is 15.8. The molecule has 1 rings (SSSR count). The molecule has 2 amide bonds. The molecule has 0 radical (unpaired) electrons. The highest BCUT2D eigenvalue weighted by Gasteiger charge is 2.23. The molecule has 19 heavy (non-hydrogen) atoms. The quantitative estimate of drug-likeness (QED) is 0.781. The Kier molecular flexibility index (Phi) is 6.08. The van der Waals surface area contributed by atoms with Gasteiger partial charge in [0.05, 0.1) is 0 Å². The smallest absolute Gasteiger partial charge is 0.323 e. The molecule has 1 heterocycles. The highest BCUT2D eigenvalue weighted by molar-refractivity contribution is 5.80. The molecule has 1 atom stereocenters. The number of nitrogens with one attached hydrogen (secondary N) is 1. The van der Waals surface area contributed by atoms with Crippen LogP contribution < -0.4 is 5.32 Å². The molecule has 110 valence electrons. The summed E-state index contributed by atoms with van der Waals surface area (Å²) in [7, 11) is 2.06. The first-order valence-electron chi connectivity index (χ1n) is 6.88. The van der Waals surface area contributed by atoms with Crippen molar-refractivity contribution in [1.29, 1.82) is 0 Å². The van der Waals surface area contributed by atoms with Gasteiger partial charge in [-0.15, -0.1) is 0 Å². The van der Waals surface area contributed by atoms with Crippen LogP contribution in [0.5, 0.6) is 0 Å². The second-order valence-electron chi connectivity index (χ2n) is 5.43. The topological polar surface area (TPSA) is 72.9 Å². The van der Waals surface area contributed by atoms with E-state index in [0.29, 0.717) is 12.6 Å². The predicted octanol–water partition coefficient (Wildman–Crippen LogP) is 0.975. The average molecular weight is 271 g/mol. The van der Waals surface area contributed by atoms with Crippen LogP contribution in [0.1, 0.15) is 33.1 Å². The highest BCUT2D eigenvalue weighted by atomic mass is 16.4. The van der Waals surface area contributed by atoms with Crippen LogP contribution in [-0.4, -0.2) is 65.7 Å². The van der Waals surface area contributed by atoms with Crippen LogP contribution >= 0.6 is 0 Å². The Hall–Kier alpha value is -1.30. The van der Waals surface area contributed by atoms with Crippen LogP contribution in [0.2, 0.25) is 0 Å². The van der Waals surface area contributed by atoms with Crippen LogP contribution in [0.4, 0.5) is 4.79 Å². The van der Waals surface area contributed by atoms with E-state index < -0.39 is 5.97 Å². The van der Waals surface area contributed by atoms with E-state index in [1.807, 2.05) is 13.8 Å².